The number of benzene rings is 1. The lowest BCUT2D eigenvalue weighted by Crippen LogP contribution is -1.99. The Kier molecular flexibility index (Phi) is 3.03. The van der Waals surface area contributed by atoms with Crippen molar-refractivity contribution in [2.45, 2.75) is 11.3 Å². The number of allylic oxidation sites excluding steroid dienone is 5. The molecule has 0 N–H and O–H groups in total. The number of thioether (sulfide) groups is 1. The van der Waals surface area contributed by atoms with Crippen LogP contribution >= 0.6 is 11.8 Å². The molecule has 4 heteroatoms. The van der Waals surface area contributed by atoms with Crippen molar-refractivity contribution < 1.29 is 13.9 Å². The number of hydrogen-bond donors (Lipinski definition) is 0. The van der Waals surface area contributed by atoms with Gasteiger partial charge in [0.05, 0.1) is 12.9 Å². The number of ether oxygens (including phenoxy) is 1. The van der Waals surface area contributed by atoms with Crippen LogP contribution in [0.4, 0.5) is 4.39 Å². The van der Waals surface area contributed by atoms with E-state index in [2.05, 4.69) is 0 Å². The van der Waals surface area contributed by atoms with Gasteiger partial charge in [0.1, 0.15) is 5.82 Å². The molecule has 0 spiro atoms. The third-order valence-corrected chi connectivity index (χ3v) is 4.27. The standard InChI is InChI=1S/C15H11FO2S/c1-18-11-3-5-14-9(6-11)7-13(17)12-4-2-10(16)8-15(12)19-14/h2-5,7-8H,6H2,1H3. The van der Waals surface area contributed by atoms with E-state index >= 15 is 0 Å². The second-order valence-corrected chi connectivity index (χ2v) is 5.40. The molecule has 2 nitrogen and oxygen atoms in total. The number of fused-ring (bicyclic) bond motifs is 2. The van der Waals surface area contributed by atoms with Crippen molar-refractivity contribution in [3.05, 3.63) is 64.0 Å². The first kappa shape index (κ1) is 12.2. The van der Waals surface area contributed by atoms with Gasteiger partial charge in [-0.2, -0.15) is 0 Å². The van der Waals surface area contributed by atoms with Crippen molar-refractivity contribution in [1.82, 2.24) is 0 Å². The third kappa shape index (κ3) is 2.24. The SMILES string of the molecule is COC1=CC=C2Sc3cc(F)ccc3C(=O)C=C2C1. The zero-order valence-corrected chi connectivity index (χ0v) is 11.1. The molecule has 1 aromatic rings. The van der Waals surface area contributed by atoms with Gasteiger partial charge in [0.25, 0.3) is 0 Å². The summed E-state index contributed by atoms with van der Waals surface area (Å²) < 4.78 is 18.5. The van der Waals surface area contributed by atoms with Crippen LogP contribution in [-0.2, 0) is 4.74 Å². The van der Waals surface area contributed by atoms with Crippen molar-refractivity contribution >= 4 is 17.5 Å². The van der Waals surface area contributed by atoms with Crippen molar-refractivity contribution in [1.29, 1.82) is 0 Å². The lowest BCUT2D eigenvalue weighted by atomic mass is 10.0. The third-order valence-electron chi connectivity index (χ3n) is 3.10. The maximum atomic E-state index is 13.3. The monoisotopic (exact) mass is 274 g/mol. The maximum absolute atomic E-state index is 13.3. The Balaban J connectivity index is 2.09. The molecule has 1 heterocycles. The number of carbonyl (C=O) groups is 1. The van der Waals surface area contributed by atoms with Gasteiger partial charge in [-0.1, -0.05) is 11.8 Å². The number of ketones is 1. The summed E-state index contributed by atoms with van der Waals surface area (Å²) in [6.07, 6.45) is 6.01. The number of methoxy groups -OCH3 is 1. The highest BCUT2D eigenvalue weighted by molar-refractivity contribution is 8.03. The molecule has 0 amide bonds. The first-order valence-electron chi connectivity index (χ1n) is 5.85. The molecule has 0 unspecified atom stereocenters. The van der Waals surface area contributed by atoms with Crippen LogP contribution in [0.25, 0.3) is 0 Å². The summed E-state index contributed by atoms with van der Waals surface area (Å²) in [5.41, 5.74) is 1.47. The van der Waals surface area contributed by atoms with Gasteiger partial charge in [-0.15, -0.1) is 0 Å². The summed E-state index contributed by atoms with van der Waals surface area (Å²) in [6, 6.07) is 4.27. The molecule has 0 saturated heterocycles. The Bertz CT molecular complexity index is 656. The van der Waals surface area contributed by atoms with Gasteiger partial charge in [-0.05, 0) is 42.0 Å². The van der Waals surface area contributed by atoms with Crippen molar-refractivity contribution in [3.63, 3.8) is 0 Å². The van der Waals surface area contributed by atoms with Crippen LogP contribution in [0.2, 0.25) is 0 Å². The van der Waals surface area contributed by atoms with E-state index in [0.717, 1.165) is 16.2 Å². The smallest absolute Gasteiger partial charge is 0.187 e. The Morgan fingerprint density at radius 3 is 2.95 bits per heavy atom. The first-order valence-corrected chi connectivity index (χ1v) is 6.66. The Morgan fingerprint density at radius 2 is 2.16 bits per heavy atom. The van der Waals surface area contributed by atoms with Gasteiger partial charge in [0.2, 0.25) is 0 Å². The number of carbonyl (C=O) groups excluding carboxylic acids is 1. The van der Waals surface area contributed by atoms with Crippen LogP contribution in [0.5, 0.6) is 0 Å². The minimum absolute atomic E-state index is 0.0850. The molecule has 2 aliphatic rings. The normalized spacial score (nSPS) is 17.6. The highest BCUT2D eigenvalue weighted by Gasteiger charge is 2.22. The summed E-state index contributed by atoms with van der Waals surface area (Å²) in [5.74, 6) is 0.408. The molecule has 0 fully saturated rings. The molecule has 0 radical (unpaired) electrons. The average Bonchev–Trinajstić information content (AvgIpc) is 2.53. The number of halogens is 1. The molecule has 0 bridgehead atoms. The van der Waals surface area contributed by atoms with Crippen molar-refractivity contribution in [3.8, 4) is 0 Å². The average molecular weight is 274 g/mol. The van der Waals surface area contributed by atoms with E-state index in [-0.39, 0.29) is 11.6 Å². The minimum Gasteiger partial charge on any atom is -0.501 e. The van der Waals surface area contributed by atoms with Crippen molar-refractivity contribution in [2.24, 2.45) is 0 Å². The van der Waals surface area contributed by atoms with Gasteiger partial charge >= 0.3 is 0 Å². The van der Waals surface area contributed by atoms with Crippen LogP contribution in [0.1, 0.15) is 16.8 Å². The Labute approximate surface area is 114 Å². The molecule has 19 heavy (non-hydrogen) atoms. The number of hydrogen-bond acceptors (Lipinski definition) is 3. The van der Waals surface area contributed by atoms with Crippen LogP contribution in [0.3, 0.4) is 0 Å². The fourth-order valence-electron chi connectivity index (χ4n) is 2.11. The quantitative estimate of drug-likeness (QED) is 0.778. The van der Waals surface area contributed by atoms with Gasteiger partial charge < -0.3 is 4.74 Å². The van der Waals surface area contributed by atoms with E-state index in [4.69, 9.17) is 4.74 Å². The van der Waals surface area contributed by atoms with Gasteiger partial charge in [0.15, 0.2) is 5.78 Å². The molecule has 0 atom stereocenters. The van der Waals surface area contributed by atoms with E-state index in [0.29, 0.717) is 16.9 Å². The second-order valence-electron chi connectivity index (χ2n) is 4.32. The van der Waals surface area contributed by atoms with E-state index in [1.807, 2.05) is 12.2 Å². The first-order chi connectivity index (χ1) is 9.17. The summed E-state index contributed by atoms with van der Waals surface area (Å²) in [5, 5.41) is 0. The van der Waals surface area contributed by atoms with Crippen LogP contribution < -0.4 is 0 Å². The van der Waals surface area contributed by atoms with Gasteiger partial charge in [-0.3, -0.25) is 4.79 Å². The van der Waals surface area contributed by atoms with E-state index in [9.17, 15) is 9.18 Å². The largest absolute Gasteiger partial charge is 0.501 e. The molecular formula is C15H11FO2S. The summed E-state index contributed by atoms with van der Waals surface area (Å²) >= 11 is 1.42. The molecule has 3 rings (SSSR count). The van der Waals surface area contributed by atoms with E-state index < -0.39 is 0 Å². The van der Waals surface area contributed by atoms with Gasteiger partial charge in [-0.25, -0.2) is 4.39 Å². The zero-order chi connectivity index (χ0) is 13.4. The summed E-state index contributed by atoms with van der Waals surface area (Å²) in [6.45, 7) is 0. The molecule has 1 aromatic carbocycles. The number of rotatable bonds is 1. The molecule has 1 aliphatic carbocycles. The summed E-state index contributed by atoms with van der Waals surface area (Å²) in [4.78, 5) is 13.8. The van der Waals surface area contributed by atoms with Crippen LogP contribution in [0.15, 0.2) is 57.6 Å². The van der Waals surface area contributed by atoms with E-state index in [1.165, 1.54) is 23.9 Å². The van der Waals surface area contributed by atoms with Crippen LogP contribution in [0, 0.1) is 5.82 Å². The highest BCUT2D eigenvalue weighted by Crippen LogP contribution is 2.41. The molecule has 96 valence electrons. The highest BCUT2D eigenvalue weighted by atomic mass is 32.2. The molecular weight excluding hydrogens is 263 g/mol. The molecule has 1 aliphatic heterocycles. The van der Waals surface area contributed by atoms with Crippen LogP contribution in [-0.4, -0.2) is 12.9 Å². The minimum atomic E-state index is -0.327. The fraction of sp³-hybridized carbons (Fsp3) is 0.133. The molecule has 0 saturated carbocycles. The second kappa shape index (κ2) is 4.70. The predicted octanol–water partition coefficient (Wildman–Crippen LogP) is 3.86. The topological polar surface area (TPSA) is 26.3 Å². The zero-order valence-electron chi connectivity index (χ0n) is 10.3. The Hall–Kier alpha value is -1.81. The van der Waals surface area contributed by atoms with Crippen molar-refractivity contribution in [2.75, 3.05) is 7.11 Å². The lowest BCUT2D eigenvalue weighted by molar-refractivity contribution is 0.104. The molecule has 0 aromatic heterocycles. The maximum Gasteiger partial charge on any atom is 0.187 e. The fourth-order valence-corrected chi connectivity index (χ4v) is 3.20. The lowest BCUT2D eigenvalue weighted by Gasteiger charge is -2.15. The van der Waals surface area contributed by atoms with E-state index in [1.54, 1.807) is 19.3 Å². The summed E-state index contributed by atoms with van der Waals surface area (Å²) in [7, 11) is 1.61. The Morgan fingerprint density at radius 1 is 1.32 bits per heavy atom. The predicted molar refractivity (Wildman–Crippen MR) is 72.5 cm³/mol. The van der Waals surface area contributed by atoms with Gasteiger partial charge in [0, 0.05) is 21.8 Å².